The number of anilines is 1. The lowest BCUT2D eigenvalue weighted by Crippen LogP contribution is -2.38. The summed E-state index contributed by atoms with van der Waals surface area (Å²) >= 11 is 0. The van der Waals surface area contributed by atoms with Crippen molar-refractivity contribution in [1.82, 2.24) is 14.8 Å². The number of hydrogen-bond donors (Lipinski definition) is 1. The van der Waals surface area contributed by atoms with E-state index in [1.165, 1.54) is 23.0 Å². The number of hydrogen-bond acceptors (Lipinski definition) is 5. The Hall–Kier alpha value is -2.42. The summed E-state index contributed by atoms with van der Waals surface area (Å²) in [7, 11) is 0. The van der Waals surface area contributed by atoms with Gasteiger partial charge in [0.05, 0.1) is 30.5 Å². The fourth-order valence-corrected chi connectivity index (χ4v) is 3.12. The Balaban J connectivity index is 1.63. The minimum Gasteiger partial charge on any atom is -0.377 e. The predicted molar refractivity (Wildman–Crippen MR) is 87.0 cm³/mol. The summed E-state index contributed by atoms with van der Waals surface area (Å²) < 4.78 is 46.3. The molecule has 0 bridgehead atoms. The molecule has 4 rings (SSSR count). The summed E-state index contributed by atoms with van der Waals surface area (Å²) in [5.41, 5.74) is -0.310. The number of pyridine rings is 1. The molecule has 2 unspecified atom stereocenters. The third kappa shape index (κ3) is 3.31. The highest BCUT2D eigenvalue weighted by Gasteiger charge is 2.37. The van der Waals surface area contributed by atoms with Crippen LogP contribution in [0.4, 0.5) is 19.0 Å². The van der Waals surface area contributed by atoms with Gasteiger partial charge in [-0.25, -0.2) is 9.67 Å². The molecule has 1 aliphatic heterocycles. The molecule has 138 valence electrons. The van der Waals surface area contributed by atoms with Crippen molar-refractivity contribution in [3.63, 3.8) is 0 Å². The summed E-state index contributed by atoms with van der Waals surface area (Å²) in [6.07, 6.45) is -1.15. The van der Waals surface area contributed by atoms with E-state index in [9.17, 15) is 18.0 Å². The molecule has 1 saturated heterocycles. The van der Waals surface area contributed by atoms with Crippen LogP contribution in [0.5, 0.6) is 0 Å². The zero-order valence-electron chi connectivity index (χ0n) is 13.7. The van der Waals surface area contributed by atoms with E-state index in [1.807, 2.05) is 0 Å². The SMILES string of the molecule is O=c1ccc(C2CC2)nn1C1COCC1Nc1ncccc1C(F)(F)F. The normalized spacial score (nSPS) is 23.2. The zero-order valence-corrected chi connectivity index (χ0v) is 13.7. The number of nitrogens with zero attached hydrogens (tertiary/aromatic N) is 3. The van der Waals surface area contributed by atoms with Crippen LogP contribution in [0.25, 0.3) is 0 Å². The highest BCUT2D eigenvalue weighted by Crippen LogP contribution is 2.39. The van der Waals surface area contributed by atoms with Crippen LogP contribution in [-0.4, -0.2) is 34.0 Å². The van der Waals surface area contributed by atoms with E-state index in [4.69, 9.17) is 4.74 Å². The van der Waals surface area contributed by atoms with Crippen molar-refractivity contribution in [2.75, 3.05) is 18.5 Å². The average molecular weight is 366 g/mol. The predicted octanol–water partition coefficient (Wildman–Crippen LogP) is 2.59. The van der Waals surface area contributed by atoms with Crippen molar-refractivity contribution in [2.24, 2.45) is 0 Å². The van der Waals surface area contributed by atoms with Crippen molar-refractivity contribution in [1.29, 1.82) is 0 Å². The van der Waals surface area contributed by atoms with E-state index in [-0.39, 0.29) is 24.6 Å². The van der Waals surface area contributed by atoms with Crippen LogP contribution >= 0.6 is 0 Å². The van der Waals surface area contributed by atoms with Gasteiger partial charge in [0.15, 0.2) is 0 Å². The molecular weight excluding hydrogens is 349 g/mol. The van der Waals surface area contributed by atoms with Gasteiger partial charge in [-0.05, 0) is 31.0 Å². The maximum Gasteiger partial charge on any atom is 0.419 e. The van der Waals surface area contributed by atoms with Crippen LogP contribution in [0.2, 0.25) is 0 Å². The van der Waals surface area contributed by atoms with Crippen molar-refractivity contribution >= 4 is 5.82 Å². The molecule has 1 aliphatic carbocycles. The summed E-state index contributed by atoms with van der Waals surface area (Å²) in [5, 5.41) is 7.22. The molecule has 2 atom stereocenters. The number of nitrogens with one attached hydrogen (secondary N) is 1. The number of aromatic nitrogens is 3. The first-order valence-electron chi connectivity index (χ1n) is 8.40. The van der Waals surface area contributed by atoms with Crippen LogP contribution < -0.4 is 10.9 Å². The maximum absolute atomic E-state index is 13.2. The van der Waals surface area contributed by atoms with Crippen LogP contribution in [0.1, 0.15) is 36.1 Å². The first kappa shape index (κ1) is 17.0. The molecule has 1 saturated carbocycles. The molecular formula is C17H17F3N4O2. The molecule has 6 nitrogen and oxygen atoms in total. The first-order valence-corrected chi connectivity index (χ1v) is 8.40. The van der Waals surface area contributed by atoms with Gasteiger partial charge >= 0.3 is 6.18 Å². The van der Waals surface area contributed by atoms with E-state index >= 15 is 0 Å². The highest BCUT2D eigenvalue weighted by atomic mass is 19.4. The van der Waals surface area contributed by atoms with Gasteiger partial charge in [0, 0.05) is 18.2 Å². The standard InChI is InChI=1S/C17H17F3N4O2/c18-17(19,20)11-2-1-7-21-16(11)22-13-8-26-9-14(13)24-15(25)6-5-12(23-24)10-3-4-10/h1-2,5-7,10,13-14H,3-4,8-9H2,(H,21,22). The molecule has 2 aliphatic rings. The van der Waals surface area contributed by atoms with Crippen molar-refractivity contribution in [3.8, 4) is 0 Å². The fraction of sp³-hybridized carbons (Fsp3) is 0.471. The second-order valence-corrected chi connectivity index (χ2v) is 6.57. The Morgan fingerprint density at radius 1 is 1.19 bits per heavy atom. The quantitative estimate of drug-likeness (QED) is 0.901. The Kier molecular flexibility index (Phi) is 4.18. The van der Waals surface area contributed by atoms with Gasteiger partial charge in [-0.15, -0.1) is 0 Å². The van der Waals surface area contributed by atoms with Gasteiger partial charge in [-0.3, -0.25) is 4.79 Å². The van der Waals surface area contributed by atoms with E-state index in [2.05, 4.69) is 15.4 Å². The van der Waals surface area contributed by atoms with Crippen LogP contribution in [0.3, 0.4) is 0 Å². The lowest BCUT2D eigenvalue weighted by molar-refractivity contribution is -0.137. The second kappa shape index (κ2) is 6.39. The minimum atomic E-state index is -4.52. The molecule has 0 radical (unpaired) electrons. The molecule has 0 amide bonds. The molecule has 0 spiro atoms. The monoisotopic (exact) mass is 366 g/mol. The van der Waals surface area contributed by atoms with E-state index in [0.717, 1.165) is 24.6 Å². The Morgan fingerprint density at radius 3 is 2.73 bits per heavy atom. The molecule has 26 heavy (non-hydrogen) atoms. The second-order valence-electron chi connectivity index (χ2n) is 6.57. The topological polar surface area (TPSA) is 69.0 Å². The van der Waals surface area contributed by atoms with E-state index in [0.29, 0.717) is 5.92 Å². The number of alkyl halides is 3. The third-order valence-electron chi connectivity index (χ3n) is 4.64. The van der Waals surface area contributed by atoms with Gasteiger partial charge in [-0.2, -0.15) is 18.3 Å². The van der Waals surface area contributed by atoms with Crippen LogP contribution in [0, 0.1) is 0 Å². The van der Waals surface area contributed by atoms with Gasteiger partial charge in [0.2, 0.25) is 0 Å². The highest BCUT2D eigenvalue weighted by molar-refractivity contribution is 5.46. The number of rotatable bonds is 4. The van der Waals surface area contributed by atoms with Gasteiger partial charge in [0.25, 0.3) is 5.56 Å². The number of ether oxygens (including phenoxy) is 1. The lowest BCUT2D eigenvalue weighted by atomic mass is 10.1. The maximum atomic E-state index is 13.2. The van der Waals surface area contributed by atoms with Crippen molar-refractivity contribution < 1.29 is 17.9 Å². The van der Waals surface area contributed by atoms with Crippen LogP contribution in [-0.2, 0) is 10.9 Å². The molecule has 2 aromatic heterocycles. The summed E-state index contributed by atoms with van der Waals surface area (Å²) in [5.74, 6) is 0.0927. The van der Waals surface area contributed by atoms with Gasteiger partial charge in [0.1, 0.15) is 11.9 Å². The zero-order chi connectivity index (χ0) is 18.3. The number of halogens is 3. The van der Waals surface area contributed by atoms with Crippen molar-refractivity contribution in [2.45, 2.75) is 37.0 Å². The molecule has 1 N–H and O–H groups in total. The van der Waals surface area contributed by atoms with Crippen LogP contribution in [0.15, 0.2) is 35.3 Å². The molecule has 9 heteroatoms. The van der Waals surface area contributed by atoms with Gasteiger partial charge in [-0.1, -0.05) is 0 Å². The minimum absolute atomic E-state index is 0.167. The summed E-state index contributed by atoms with van der Waals surface area (Å²) in [6, 6.07) is 4.35. The largest absolute Gasteiger partial charge is 0.419 e. The summed E-state index contributed by atoms with van der Waals surface area (Å²) in [4.78, 5) is 16.1. The third-order valence-corrected chi connectivity index (χ3v) is 4.64. The average Bonchev–Trinajstić information content (AvgIpc) is 3.35. The molecule has 2 aromatic rings. The molecule has 3 heterocycles. The molecule has 0 aromatic carbocycles. The molecule has 2 fully saturated rings. The Labute approximate surface area is 147 Å². The summed E-state index contributed by atoms with van der Waals surface area (Å²) in [6.45, 7) is 0.368. The smallest absolute Gasteiger partial charge is 0.377 e. The fourth-order valence-electron chi connectivity index (χ4n) is 3.12. The Bertz CT molecular complexity index is 864. The van der Waals surface area contributed by atoms with Crippen molar-refractivity contribution in [3.05, 3.63) is 52.1 Å². The first-order chi connectivity index (χ1) is 12.4. The Morgan fingerprint density at radius 2 is 2.00 bits per heavy atom. The van der Waals surface area contributed by atoms with E-state index < -0.39 is 23.8 Å². The lowest BCUT2D eigenvalue weighted by Gasteiger charge is -2.22. The van der Waals surface area contributed by atoms with Gasteiger partial charge < -0.3 is 10.1 Å². The van der Waals surface area contributed by atoms with E-state index in [1.54, 1.807) is 6.07 Å².